The normalized spacial score (nSPS) is 16.7. The molecular weight excluding hydrogens is 318 g/mol. The van der Waals surface area contributed by atoms with Crippen LogP contribution in [0.2, 0.25) is 0 Å². The number of amides is 1. The van der Waals surface area contributed by atoms with Crippen LogP contribution < -0.4 is 0 Å². The number of aromatic nitrogens is 4. The summed E-state index contributed by atoms with van der Waals surface area (Å²) in [5, 5.41) is 8.67. The molecule has 0 unspecified atom stereocenters. The van der Waals surface area contributed by atoms with E-state index in [0.29, 0.717) is 18.8 Å². The number of carbonyl (C=O) groups excluding carboxylic acids is 1. The van der Waals surface area contributed by atoms with Gasteiger partial charge in [-0.1, -0.05) is 30.3 Å². The number of hydrogen-bond donors (Lipinski definition) is 0. The first-order valence-electron chi connectivity index (χ1n) is 8.36. The predicted octanol–water partition coefficient (Wildman–Crippen LogP) is 2.27. The molecule has 1 amide bonds. The highest BCUT2D eigenvalue weighted by molar-refractivity contribution is 5.91. The Balaban J connectivity index is 1.50. The molecule has 0 saturated heterocycles. The molecule has 0 radical (unpaired) electrons. The number of rotatable bonds is 4. The van der Waals surface area contributed by atoms with Gasteiger partial charge in [-0.3, -0.25) is 4.79 Å². The fourth-order valence-corrected chi connectivity index (χ4v) is 3.32. The van der Waals surface area contributed by atoms with Crippen molar-refractivity contribution in [2.45, 2.75) is 32.4 Å². The van der Waals surface area contributed by atoms with E-state index in [0.717, 1.165) is 24.5 Å². The van der Waals surface area contributed by atoms with Crippen molar-refractivity contribution < 1.29 is 9.21 Å². The maximum atomic E-state index is 12.5. The maximum absolute atomic E-state index is 12.5. The monoisotopic (exact) mass is 337 g/mol. The van der Waals surface area contributed by atoms with E-state index in [1.807, 2.05) is 18.2 Å². The Morgan fingerprint density at radius 1 is 1.24 bits per heavy atom. The third-order valence-electron chi connectivity index (χ3n) is 4.51. The first kappa shape index (κ1) is 15.6. The van der Waals surface area contributed by atoms with Gasteiger partial charge in [-0.25, -0.2) is 4.98 Å². The second-order valence-corrected chi connectivity index (χ2v) is 6.30. The third kappa shape index (κ3) is 3.05. The molecular formula is C18H19N5O2. The number of nitrogens with zero attached hydrogens (tertiary/aromatic N) is 5. The van der Waals surface area contributed by atoms with Crippen molar-refractivity contribution in [1.29, 1.82) is 0 Å². The van der Waals surface area contributed by atoms with E-state index in [4.69, 9.17) is 4.42 Å². The average Bonchev–Trinajstić information content (AvgIpc) is 3.30. The average molecular weight is 337 g/mol. The molecule has 1 aromatic carbocycles. The van der Waals surface area contributed by atoms with Crippen molar-refractivity contribution in [2.75, 3.05) is 6.54 Å². The van der Waals surface area contributed by atoms with Gasteiger partial charge in [-0.2, -0.15) is 0 Å². The van der Waals surface area contributed by atoms with E-state index in [-0.39, 0.29) is 11.9 Å². The van der Waals surface area contributed by atoms with Gasteiger partial charge in [-0.05, 0) is 18.9 Å². The minimum Gasteiger partial charge on any atom is -0.451 e. The molecule has 2 aromatic heterocycles. The van der Waals surface area contributed by atoms with Crippen LogP contribution in [-0.4, -0.2) is 37.1 Å². The lowest BCUT2D eigenvalue weighted by molar-refractivity contribution is 0.0673. The van der Waals surface area contributed by atoms with E-state index in [9.17, 15) is 4.79 Å². The van der Waals surface area contributed by atoms with Crippen LogP contribution >= 0.6 is 0 Å². The van der Waals surface area contributed by atoms with Crippen LogP contribution in [0.15, 0.2) is 47.4 Å². The molecule has 25 heavy (non-hydrogen) atoms. The number of benzene rings is 1. The SMILES string of the molecule is C[C@H]1CN(C(=O)c2cocn2)Cc2nnc(CCc3ccccc3)n21. The zero-order chi connectivity index (χ0) is 17.2. The molecule has 0 aliphatic carbocycles. The highest BCUT2D eigenvalue weighted by Crippen LogP contribution is 2.23. The fourth-order valence-electron chi connectivity index (χ4n) is 3.32. The van der Waals surface area contributed by atoms with Crippen molar-refractivity contribution in [1.82, 2.24) is 24.6 Å². The van der Waals surface area contributed by atoms with Crippen LogP contribution in [0.5, 0.6) is 0 Å². The summed E-state index contributed by atoms with van der Waals surface area (Å²) < 4.78 is 7.07. The van der Waals surface area contributed by atoms with E-state index in [1.54, 1.807) is 4.90 Å². The maximum Gasteiger partial charge on any atom is 0.276 e. The zero-order valence-electron chi connectivity index (χ0n) is 14.0. The van der Waals surface area contributed by atoms with Crippen molar-refractivity contribution in [3.8, 4) is 0 Å². The number of oxazole rings is 1. The zero-order valence-corrected chi connectivity index (χ0v) is 14.0. The van der Waals surface area contributed by atoms with Crippen molar-refractivity contribution in [3.05, 3.63) is 65.9 Å². The standard InChI is InChI=1S/C18H19N5O2/c1-13-9-22(18(24)15-11-25-12-19-15)10-17-21-20-16(23(13)17)8-7-14-5-3-2-4-6-14/h2-6,11-13H,7-10H2,1H3/t13-/m0/s1. The molecule has 0 fully saturated rings. The summed E-state index contributed by atoms with van der Waals surface area (Å²) >= 11 is 0. The van der Waals surface area contributed by atoms with Crippen molar-refractivity contribution in [3.63, 3.8) is 0 Å². The van der Waals surface area contributed by atoms with Crippen LogP contribution in [0.25, 0.3) is 0 Å². The van der Waals surface area contributed by atoms with Gasteiger partial charge in [0.25, 0.3) is 5.91 Å². The smallest absolute Gasteiger partial charge is 0.276 e. The summed E-state index contributed by atoms with van der Waals surface area (Å²) in [7, 11) is 0. The summed E-state index contributed by atoms with van der Waals surface area (Å²) in [5.41, 5.74) is 1.61. The largest absolute Gasteiger partial charge is 0.451 e. The lowest BCUT2D eigenvalue weighted by Crippen LogP contribution is -2.41. The van der Waals surface area contributed by atoms with Crippen LogP contribution in [-0.2, 0) is 19.4 Å². The Labute approximate surface area is 145 Å². The predicted molar refractivity (Wildman–Crippen MR) is 89.8 cm³/mol. The molecule has 4 rings (SSSR count). The van der Waals surface area contributed by atoms with Gasteiger partial charge in [0.15, 0.2) is 17.9 Å². The van der Waals surface area contributed by atoms with Gasteiger partial charge >= 0.3 is 0 Å². The third-order valence-corrected chi connectivity index (χ3v) is 4.51. The molecule has 7 nitrogen and oxygen atoms in total. The van der Waals surface area contributed by atoms with Gasteiger partial charge in [-0.15, -0.1) is 10.2 Å². The first-order valence-corrected chi connectivity index (χ1v) is 8.36. The summed E-state index contributed by atoms with van der Waals surface area (Å²) in [6, 6.07) is 10.5. The van der Waals surface area contributed by atoms with Crippen LogP contribution in [0.1, 0.15) is 40.7 Å². The molecule has 1 atom stereocenters. The topological polar surface area (TPSA) is 77.1 Å². The van der Waals surface area contributed by atoms with E-state index in [1.165, 1.54) is 18.2 Å². The van der Waals surface area contributed by atoms with Crippen LogP contribution in [0.3, 0.4) is 0 Å². The van der Waals surface area contributed by atoms with Crippen LogP contribution in [0.4, 0.5) is 0 Å². The van der Waals surface area contributed by atoms with E-state index >= 15 is 0 Å². The molecule has 1 aliphatic rings. The molecule has 0 N–H and O–H groups in total. The quantitative estimate of drug-likeness (QED) is 0.730. The Hall–Kier alpha value is -2.96. The Bertz CT molecular complexity index is 857. The molecule has 3 aromatic rings. The molecule has 7 heteroatoms. The minimum absolute atomic E-state index is 0.125. The number of hydrogen-bond acceptors (Lipinski definition) is 5. The van der Waals surface area contributed by atoms with Crippen molar-refractivity contribution in [2.24, 2.45) is 0 Å². The number of fused-ring (bicyclic) bond motifs is 1. The molecule has 0 bridgehead atoms. The Kier molecular flexibility index (Phi) is 4.05. The molecule has 0 spiro atoms. The van der Waals surface area contributed by atoms with Crippen molar-refractivity contribution >= 4 is 5.91 Å². The summed E-state index contributed by atoms with van der Waals surface area (Å²) in [6.07, 6.45) is 4.40. The van der Waals surface area contributed by atoms with Crippen LogP contribution in [0, 0.1) is 0 Å². The minimum atomic E-state index is -0.138. The van der Waals surface area contributed by atoms with E-state index < -0.39 is 0 Å². The second-order valence-electron chi connectivity index (χ2n) is 6.30. The summed E-state index contributed by atoms with van der Waals surface area (Å²) in [5.74, 6) is 1.65. The van der Waals surface area contributed by atoms with Gasteiger partial charge in [0.1, 0.15) is 12.1 Å². The molecule has 1 aliphatic heterocycles. The van der Waals surface area contributed by atoms with Gasteiger partial charge in [0.2, 0.25) is 0 Å². The Morgan fingerprint density at radius 2 is 2.08 bits per heavy atom. The summed E-state index contributed by atoms with van der Waals surface area (Å²) in [4.78, 5) is 18.2. The summed E-state index contributed by atoms with van der Waals surface area (Å²) in [6.45, 7) is 3.13. The fraction of sp³-hybridized carbons (Fsp3) is 0.333. The second kappa shape index (κ2) is 6.51. The molecule has 128 valence electrons. The van der Waals surface area contributed by atoms with Gasteiger partial charge in [0.05, 0.1) is 12.6 Å². The Morgan fingerprint density at radius 3 is 2.84 bits per heavy atom. The first-order chi connectivity index (χ1) is 12.2. The van der Waals surface area contributed by atoms with Gasteiger partial charge in [0, 0.05) is 13.0 Å². The highest BCUT2D eigenvalue weighted by Gasteiger charge is 2.30. The van der Waals surface area contributed by atoms with E-state index in [2.05, 4.69) is 38.8 Å². The highest BCUT2D eigenvalue weighted by atomic mass is 16.3. The molecule has 3 heterocycles. The number of carbonyl (C=O) groups is 1. The van der Waals surface area contributed by atoms with Gasteiger partial charge < -0.3 is 13.9 Å². The molecule has 0 saturated carbocycles. The lowest BCUT2D eigenvalue weighted by Gasteiger charge is -2.32. The lowest BCUT2D eigenvalue weighted by atomic mass is 10.1. The number of aryl methyl sites for hydroxylation is 2.